The maximum absolute atomic E-state index is 3.00. The van der Waals surface area contributed by atoms with E-state index >= 15 is 0 Å². The maximum Gasteiger partial charge on any atom is -0.0152 e. The van der Waals surface area contributed by atoms with Gasteiger partial charge in [0.1, 0.15) is 0 Å². The van der Waals surface area contributed by atoms with Crippen molar-refractivity contribution in [2.45, 2.75) is 26.7 Å². The molecule has 2 rings (SSSR count). The molecule has 0 fully saturated rings. The summed E-state index contributed by atoms with van der Waals surface area (Å²) in [6.45, 7) is 10.4. The molecule has 0 bridgehead atoms. The monoisotopic (exact) mass is 238 g/mol. The topological polar surface area (TPSA) is 0 Å². The van der Waals surface area contributed by atoms with Gasteiger partial charge in [0, 0.05) is 0 Å². The lowest BCUT2D eigenvalue weighted by Gasteiger charge is -2.08. The number of hydrogen-bond acceptors (Lipinski definition) is 0. The molecule has 2 aromatic carbocycles. The molecule has 0 saturated heterocycles. The van der Waals surface area contributed by atoms with Crippen molar-refractivity contribution >= 4 is 0 Å². The molecule has 0 unspecified atom stereocenters. The van der Waals surface area contributed by atoms with Crippen molar-refractivity contribution in [1.82, 2.24) is 0 Å². The summed E-state index contributed by atoms with van der Waals surface area (Å²) in [5.41, 5.74) is 5.52. The first-order valence-corrected chi connectivity index (χ1v) is 6.52. The SMILES string of the molecule is C=C.CCc1ccc(-c2ccccc2CC)cc1. The fourth-order valence-electron chi connectivity index (χ4n) is 2.03. The van der Waals surface area contributed by atoms with Gasteiger partial charge in [0.05, 0.1) is 0 Å². The van der Waals surface area contributed by atoms with Crippen LogP contribution in [0.1, 0.15) is 25.0 Å². The highest BCUT2D eigenvalue weighted by atomic mass is 14.1. The molecular formula is C18H22. The van der Waals surface area contributed by atoms with E-state index in [9.17, 15) is 0 Å². The fourth-order valence-corrected chi connectivity index (χ4v) is 2.03. The molecule has 0 aliphatic rings. The Morgan fingerprint density at radius 1 is 0.778 bits per heavy atom. The highest BCUT2D eigenvalue weighted by Gasteiger charge is 2.02. The van der Waals surface area contributed by atoms with Crippen molar-refractivity contribution in [3.63, 3.8) is 0 Å². The minimum atomic E-state index is 1.09. The van der Waals surface area contributed by atoms with Crippen LogP contribution in [0.25, 0.3) is 11.1 Å². The smallest absolute Gasteiger partial charge is 0.0152 e. The molecule has 0 amide bonds. The summed E-state index contributed by atoms with van der Waals surface area (Å²) < 4.78 is 0. The maximum atomic E-state index is 3.00. The van der Waals surface area contributed by atoms with E-state index < -0.39 is 0 Å². The van der Waals surface area contributed by atoms with Crippen molar-refractivity contribution in [2.24, 2.45) is 0 Å². The second-order valence-corrected chi connectivity index (χ2v) is 4.06. The Morgan fingerprint density at radius 2 is 1.39 bits per heavy atom. The Balaban J connectivity index is 0.000000771. The quantitative estimate of drug-likeness (QED) is 0.638. The first-order chi connectivity index (χ1) is 8.85. The van der Waals surface area contributed by atoms with Crippen LogP contribution in [-0.4, -0.2) is 0 Å². The third-order valence-electron chi connectivity index (χ3n) is 3.07. The highest BCUT2D eigenvalue weighted by molar-refractivity contribution is 5.67. The largest absolute Gasteiger partial charge is 0.106 e. The van der Waals surface area contributed by atoms with Crippen molar-refractivity contribution in [1.29, 1.82) is 0 Å². The van der Waals surface area contributed by atoms with Crippen LogP contribution >= 0.6 is 0 Å². The van der Waals surface area contributed by atoms with E-state index in [-0.39, 0.29) is 0 Å². The van der Waals surface area contributed by atoms with E-state index in [1.165, 1.54) is 22.3 Å². The summed E-state index contributed by atoms with van der Waals surface area (Å²) in [5, 5.41) is 0. The molecule has 0 aromatic heterocycles. The fraction of sp³-hybridized carbons (Fsp3) is 0.222. The van der Waals surface area contributed by atoms with Crippen LogP contribution in [0, 0.1) is 0 Å². The van der Waals surface area contributed by atoms with Gasteiger partial charge < -0.3 is 0 Å². The molecular weight excluding hydrogens is 216 g/mol. The second-order valence-electron chi connectivity index (χ2n) is 4.06. The molecule has 2 aromatic rings. The van der Waals surface area contributed by atoms with Crippen LogP contribution in [0.3, 0.4) is 0 Å². The van der Waals surface area contributed by atoms with E-state index in [1.807, 2.05) is 0 Å². The zero-order chi connectivity index (χ0) is 13.4. The van der Waals surface area contributed by atoms with E-state index in [0.717, 1.165) is 12.8 Å². The number of hydrogen-bond donors (Lipinski definition) is 0. The van der Waals surface area contributed by atoms with E-state index in [1.54, 1.807) is 0 Å². The Morgan fingerprint density at radius 3 is 1.94 bits per heavy atom. The van der Waals surface area contributed by atoms with E-state index in [0.29, 0.717) is 0 Å². The lowest BCUT2D eigenvalue weighted by atomic mass is 9.97. The zero-order valence-corrected chi connectivity index (χ0v) is 11.4. The van der Waals surface area contributed by atoms with Crippen LogP contribution in [-0.2, 0) is 12.8 Å². The van der Waals surface area contributed by atoms with E-state index in [4.69, 9.17) is 0 Å². The Kier molecular flexibility index (Phi) is 5.93. The van der Waals surface area contributed by atoms with Crippen LogP contribution in [0.2, 0.25) is 0 Å². The molecule has 0 heterocycles. The first-order valence-electron chi connectivity index (χ1n) is 6.52. The van der Waals surface area contributed by atoms with Gasteiger partial charge >= 0.3 is 0 Å². The Labute approximate surface area is 111 Å². The number of benzene rings is 2. The molecule has 0 atom stereocenters. The lowest BCUT2D eigenvalue weighted by Crippen LogP contribution is -1.87. The highest BCUT2D eigenvalue weighted by Crippen LogP contribution is 2.24. The molecule has 0 spiro atoms. The molecule has 0 heteroatoms. The summed E-state index contributed by atoms with van der Waals surface area (Å²) in [5.74, 6) is 0. The molecule has 0 radical (unpaired) electrons. The molecule has 0 aliphatic heterocycles. The van der Waals surface area contributed by atoms with Gasteiger partial charge in [-0.3, -0.25) is 0 Å². The average molecular weight is 238 g/mol. The normalized spacial score (nSPS) is 9.44. The number of aryl methyl sites for hydroxylation is 2. The second kappa shape index (κ2) is 7.50. The number of rotatable bonds is 3. The van der Waals surface area contributed by atoms with Gasteiger partial charge in [-0.05, 0) is 35.1 Å². The molecule has 0 nitrogen and oxygen atoms in total. The minimum absolute atomic E-state index is 1.09. The van der Waals surface area contributed by atoms with Gasteiger partial charge in [-0.2, -0.15) is 0 Å². The van der Waals surface area contributed by atoms with Crippen molar-refractivity contribution < 1.29 is 0 Å². The predicted octanol–water partition coefficient (Wildman–Crippen LogP) is 5.28. The summed E-state index contributed by atoms with van der Waals surface area (Å²) in [7, 11) is 0. The Hall–Kier alpha value is -1.82. The molecule has 0 aliphatic carbocycles. The molecule has 94 valence electrons. The van der Waals surface area contributed by atoms with Crippen molar-refractivity contribution in [2.75, 3.05) is 0 Å². The summed E-state index contributed by atoms with van der Waals surface area (Å²) in [6, 6.07) is 17.6. The first kappa shape index (κ1) is 14.2. The summed E-state index contributed by atoms with van der Waals surface area (Å²) in [6.07, 6.45) is 2.20. The van der Waals surface area contributed by atoms with Crippen molar-refractivity contribution in [3.8, 4) is 11.1 Å². The lowest BCUT2D eigenvalue weighted by molar-refractivity contribution is 1.13. The van der Waals surface area contributed by atoms with Crippen LogP contribution in [0.15, 0.2) is 61.7 Å². The van der Waals surface area contributed by atoms with Gasteiger partial charge in [-0.25, -0.2) is 0 Å². The standard InChI is InChI=1S/C16H18.C2H4/c1-3-13-9-11-15(12-10-13)16-8-6-5-7-14(16)4-2;1-2/h5-12H,3-4H2,1-2H3;1-2H2. The van der Waals surface area contributed by atoms with Gasteiger partial charge in [0.2, 0.25) is 0 Å². The molecule has 0 N–H and O–H groups in total. The van der Waals surface area contributed by atoms with Gasteiger partial charge in [-0.15, -0.1) is 13.2 Å². The van der Waals surface area contributed by atoms with Crippen LogP contribution in [0.5, 0.6) is 0 Å². The van der Waals surface area contributed by atoms with E-state index in [2.05, 4.69) is 75.5 Å². The molecule has 18 heavy (non-hydrogen) atoms. The Bertz CT molecular complexity index is 466. The minimum Gasteiger partial charge on any atom is -0.106 e. The molecule has 0 saturated carbocycles. The summed E-state index contributed by atoms with van der Waals surface area (Å²) in [4.78, 5) is 0. The summed E-state index contributed by atoms with van der Waals surface area (Å²) >= 11 is 0. The third kappa shape index (κ3) is 3.33. The van der Waals surface area contributed by atoms with Crippen molar-refractivity contribution in [3.05, 3.63) is 72.8 Å². The van der Waals surface area contributed by atoms with Crippen LogP contribution in [0.4, 0.5) is 0 Å². The van der Waals surface area contributed by atoms with Crippen LogP contribution < -0.4 is 0 Å². The van der Waals surface area contributed by atoms with Gasteiger partial charge in [-0.1, -0.05) is 62.4 Å². The van der Waals surface area contributed by atoms with Gasteiger partial charge in [0.25, 0.3) is 0 Å². The predicted molar refractivity (Wildman–Crippen MR) is 81.9 cm³/mol. The average Bonchev–Trinajstić information content (AvgIpc) is 2.49. The zero-order valence-electron chi connectivity index (χ0n) is 11.4. The third-order valence-corrected chi connectivity index (χ3v) is 3.07. The van der Waals surface area contributed by atoms with Gasteiger partial charge in [0.15, 0.2) is 0 Å².